The summed E-state index contributed by atoms with van der Waals surface area (Å²) in [5.41, 5.74) is 6.85. The molecule has 0 saturated carbocycles. The van der Waals surface area contributed by atoms with E-state index in [-0.39, 0.29) is 4.90 Å². The molecule has 0 spiro atoms. The van der Waals surface area contributed by atoms with Gasteiger partial charge in [0.05, 0.1) is 4.90 Å². The molecular weight excluding hydrogens is 200 g/mol. The average molecular weight is 214 g/mol. The van der Waals surface area contributed by atoms with Crippen molar-refractivity contribution in [1.82, 2.24) is 4.72 Å². The van der Waals surface area contributed by atoms with Crippen molar-refractivity contribution in [2.24, 2.45) is 0 Å². The van der Waals surface area contributed by atoms with E-state index in [1.807, 2.05) is 0 Å². The zero-order valence-corrected chi connectivity index (χ0v) is 9.06. The highest BCUT2D eigenvalue weighted by atomic mass is 32.2. The summed E-state index contributed by atoms with van der Waals surface area (Å²) in [7, 11) is -3.39. The maximum absolute atomic E-state index is 11.6. The van der Waals surface area contributed by atoms with Crippen LogP contribution in [-0.2, 0) is 10.0 Å². The first-order valence-corrected chi connectivity index (χ1v) is 5.81. The lowest BCUT2D eigenvalue weighted by molar-refractivity contribution is 0.584. The van der Waals surface area contributed by atoms with Crippen molar-refractivity contribution < 1.29 is 8.42 Å². The Kier molecular flexibility index (Phi) is 3.13. The molecule has 0 bridgehead atoms. The van der Waals surface area contributed by atoms with Gasteiger partial charge in [0.2, 0.25) is 10.0 Å². The fraction of sp³-hybridized carbons (Fsp3) is 0.333. The zero-order valence-electron chi connectivity index (χ0n) is 8.24. The molecule has 0 heterocycles. The van der Waals surface area contributed by atoms with Crippen LogP contribution in [0, 0.1) is 6.92 Å². The highest BCUT2D eigenvalue weighted by Crippen LogP contribution is 2.15. The summed E-state index contributed by atoms with van der Waals surface area (Å²) in [4.78, 5) is 0.219. The third kappa shape index (κ3) is 2.46. The largest absolute Gasteiger partial charge is 0.399 e. The van der Waals surface area contributed by atoms with Crippen LogP contribution < -0.4 is 10.5 Å². The molecule has 4 nitrogen and oxygen atoms in total. The van der Waals surface area contributed by atoms with E-state index in [1.165, 1.54) is 6.07 Å². The number of nitrogens with two attached hydrogens (primary N) is 1. The van der Waals surface area contributed by atoms with Gasteiger partial charge in [-0.15, -0.1) is 0 Å². The smallest absolute Gasteiger partial charge is 0.240 e. The van der Waals surface area contributed by atoms with Crippen LogP contribution in [0.25, 0.3) is 0 Å². The van der Waals surface area contributed by atoms with Gasteiger partial charge < -0.3 is 5.73 Å². The molecule has 0 saturated heterocycles. The highest BCUT2D eigenvalue weighted by Gasteiger charge is 2.12. The van der Waals surface area contributed by atoms with Gasteiger partial charge in [-0.2, -0.15) is 0 Å². The van der Waals surface area contributed by atoms with Gasteiger partial charge in [0.15, 0.2) is 0 Å². The number of nitrogen functional groups attached to an aromatic ring is 1. The Bertz CT molecular complexity index is 406. The first-order chi connectivity index (χ1) is 6.45. The Labute approximate surface area is 84.2 Å². The lowest BCUT2D eigenvalue weighted by Gasteiger charge is -2.06. The maximum atomic E-state index is 11.6. The molecule has 0 radical (unpaired) electrons. The molecule has 14 heavy (non-hydrogen) atoms. The van der Waals surface area contributed by atoms with Gasteiger partial charge in [-0.3, -0.25) is 0 Å². The number of sulfonamides is 1. The lowest BCUT2D eigenvalue weighted by atomic mass is 10.2. The SMILES string of the molecule is CCNS(=O)(=O)c1cc(C)cc(N)c1. The van der Waals surface area contributed by atoms with Gasteiger partial charge >= 0.3 is 0 Å². The Morgan fingerprint density at radius 2 is 2.00 bits per heavy atom. The van der Waals surface area contributed by atoms with Gasteiger partial charge in [-0.05, 0) is 30.7 Å². The standard InChI is InChI=1S/C9H14N2O2S/c1-3-11-14(12,13)9-5-7(2)4-8(10)6-9/h4-6,11H,3,10H2,1-2H3. The van der Waals surface area contributed by atoms with Crippen LogP contribution in [0.3, 0.4) is 0 Å². The number of nitrogens with one attached hydrogen (secondary N) is 1. The van der Waals surface area contributed by atoms with E-state index < -0.39 is 10.0 Å². The third-order valence-electron chi connectivity index (χ3n) is 1.72. The first-order valence-electron chi connectivity index (χ1n) is 4.32. The van der Waals surface area contributed by atoms with Crippen molar-refractivity contribution in [3.8, 4) is 0 Å². The Morgan fingerprint density at radius 3 is 2.50 bits per heavy atom. The zero-order chi connectivity index (χ0) is 10.8. The summed E-state index contributed by atoms with van der Waals surface area (Å²) >= 11 is 0. The quantitative estimate of drug-likeness (QED) is 0.733. The molecule has 1 aromatic carbocycles. The number of rotatable bonds is 3. The van der Waals surface area contributed by atoms with Crippen molar-refractivity contribution in [3.05, 3.63) is 23.8 Å². The van der Waals surface area contributed by atoms with Gasteiger partial charge in [0, 0.05) is 12.2 Å². The van der Waals surface area contributed by atoms with Crippen LogP contribution in [0.5, 0.6) is 0 Å². The van der Waals surface area contributed by atoms with Crippen molar-refractivity contribution in [2.75, 3.05) is 12.3 Å². The van der Waals surface area contributed by atoms with Gasteiger partial charge in [0.1, 0.15) is 0 Å². The summed E-state index contributed by atoms with van der Waals surface area (Å²) in [6.45, 7) is 3.91. The molecule has 1 rings (SSSR count). The topological polar surface area (TPSA) is 72.2 Å². The normalized spacial score (nSPS) is 11.6. The third-order valence-corrected chi connectivity index (χ3v) is 3.24. The number of hydrogen-bond acceptors (Lipinski definition) is 3. The van der Waals surface area contributed by atoms with Crippen molar-refractivity contribution in [2.45, 2.75) is 18.7 Å². The highest BCUT2D eigenvalue weighted by molar-refractivity contribution is 7.89. The summed E-state index contributed by atoms with van der Waals surface area (Å²) in [6.07, 6.45) is 0. The second-order valence-corrected chi connectivity index (χ2v) is 4.85. The summed E-state index contributed by atoms with van der Waals surface area (Å²) in [5.74, 6) is 0. The molecule has 0 aliphatic rings. The minimum absolute atomic E-state index is 0.219. The number of hydrogen-bond donors (Lipinski definition) is 2. The summed E-state index contributed by atoms with van der Waals surface area (Å²) in [6, 6.07) is 4.77. The molecule has 0 aliphatic carbocycles. The molecule has 3 N–H and O–H groups in total. The van der Waals surface area contributed by atoms with Gasteiger partial charge in [-0.1, -0.05) is 6.92 Å². The van der Waals surface area contributed by atoms with Crippen LogP contribution in [0.15, 0.2) is 23.1 Å². The molecule has 0 amide bonds. The monoisotopic (exact) mass is 214 g/mol. The second kappa shape index (κ2) is 3.98. The van der Waals surface area contributed by atoms with Gasteiger partial charge in [-0.25, -0.2) is 13.1 Å². The van der Waals surface area contributed by atoms with E-state index in [1.54, 1.807) is 26.0 Å². The maximum Gasteiger partial charge on any atom is 0.240 e. The minimum atomic E-state index is -3.39. The van der Waals surface area contributed by atoms with Crippen LogP contribution >= 0.6 is 0 Å². The van der Waals surface area contributed by atoms with Crippen LogP contribution in [0.4, 0.5) is 5.69 Å². The summed E-state index contributed by atoms with van der Waals surface area (Å²) in [5, 5.41) is 0. The van der Waals surface area contributed by atoms with Crippen LogP contribution in [0.1, 0.15) is 12.5 Å². The Morgan fingerprint density at radius 1 is 1.36 bits per heavy atom. The molecule has 0 aromatic heterocycles. The van der Waals surface area contributed by atoms with E-state index >= 15 is 0 Å². The predicted octanol–water partition coefficient (Wildman–Crippen LogP) is 0.875. The molecular formula is C9H14N2O2S. The van der Waals surface area contributed by atoms with Crippen molar-refractivity contribution in [1.29, 1.82) is 0 Å². The average Bonchev–Trinajstić information content (AvgIpc) is 2.02. The molecule has 1 aromatic rings. The van der Waals surface area contributed by atoms with Crippen LogP contribution in [-0.4, -0.2) is 15.0 Å². The van der Waals surface area contributed by atoms with Crippen molar-refractivity contribution in [3.63, 3.8) is 0 Å². The van der Waals surface area contributed by atoms with E-state index in [9.17, 15) is 8.42 Å². The molecule has 78 valence electrons. The van der Waals surface area contributed by atoms with E-state index in [0.29, 0.717) is 12.2 Å². The molecule has 0 fully saturated rings. The Balaban J connectivity index is 3.19. The van der Waals surface area contributed by atoms with Gasteiger partial charge in [0.25, 0.3) is 0 Å². The molecule has 0 aliphatic heterocycles. The van der Waals surface area contributed by atoms with E-state index in [4.69, 9.17) is 5.73 Å². The van der Waals surface area contributed by atoms with E-state index in [2.05, 4.69) is 4.72 Å². The molecule has 5 heteroatoms. The Hall–Kier alpha value is -1.07. The van der Waals surface area contributed by atoms with E-state index in [0.717, 1.165) is 5.56 Å². The molecule has 0 unspecified atom stereocenters. The predicted molar refractivity (Wildman–Crippen MR) is 56.5 cm³/mol. The lowest BCUT2D eigenvalue weighted by Crippen LogP contribution is -2.23. The summed E-state index contributed by atoms with van der Waals surface area (Å²) < 4.78 is 25.5. The van der Waals surface area contributed by atoms with Crippen LogP contribution in [0.2, 0.25) is 0 Å². The second-order valence-electron chi connectivity index (χ2n) is 3.08. The minimum Gasteiger partial charge on any atom is -0.399 e. The molecule has 0 atom stereocenters. The number of benzene rings is 1. The number of anilines is 1. The fourth-order valence-electron chi connectivity index (χ4n) is 1.21. The number of aryl methyl sites for hydroxylation is 1. The van der Waals surface area contributed by atoms with Crippen molar-refractivity contribution >= 4 is 15.7 Å². The first kappa shape index (κ1) is 11.0. The fourth-order valence-corrected chi connectivity index (χ4v) is 2.38.